The summed E-state index contributed by atoms with van der Waals surface area (Å²) in [5.74, 6) is -3.28. The van der Waals surface area contributed by atoms with E-state index in [1.165, 1.54) is 0 Å². The summed E-state index contributed by atoms with van der Waals surface area (Å²) in [5.41, 5.74) is -1.65. The molecule has 1 amide bonds. The molecule has 0 aromatic carbocycles. The zero-order chi connectivity index (χ0) is 30.0. The molecule has 2 heterocycles. The quantitative estimate of drug-likeness (QED) is 0.382. The van der Waals surface area contributed by atoms with E-state index in [9.17, 15) is 40.3 Å². The van der Waals surface area contributed by atoms with E-state index in [1.54, 1.807) is 6.92 Å². The molecule has 16 heteroatoms. The van der Waals surface area contributed by atoms with E-state index in [0.717, 1.165) is 30.0 Å². The Kier molecular flexibility index (Phi) is 9.72. The number of aryl methyl sites for hydroxylation is 1. The number of nitrogens with zero attached hydrogens (tertiary/aromatic N) is 3. The first-order valence-electron chi connectivity index (χ1n) is 12.4. The molecule has 3 rings (SSSR count). The van der Waals surface area contributed by atoms with Gasteiger partial charge in [0.2, 0.25) is 0 Å². The van der Waals surface area contributed by atoms with Crippen molar-refractivity contribution >= 4 is 27.3 Å². The fraction of sp³-hybridized carbons (Fsp3) is 0.625. The standard InChI is InChI=1S/C24H30ClF5N4O5S/c1-4-17-33-18(21(35)32-12-23(36)7-5-15(6-8-23)40(3,37)38)19(25)34(17)20-16(39-22(26)27)10-14(11-31-20)9-13(2)24(28,29)30/h10-11,13,15,22,36H,4-9,12H2,1-3H3,(H,32,35)/t13-,15-,23+/m0/s1. The third kappa shape index (κ3) is 7.60. The number of alkyl halides is 5. The molecule has 2 N–H and O–H groups in total. The van der Waals surface area contributed by atoms with Crippen LogP contribution in [0, 0.1) is 5.92 Å². The van der Waals surface area contributed by atoms with Gasteiger partial charge >= 0.3 is 12.8 Å². The maximum Gasteiger partial charge on any atom is 0.391 e. The largest absolute Gasteiger partial charge is 0.431 e. The van der Waals surface area contributed by atoms with Crippen LogP contribution < -0.4 is 10.1 Å². The normalized spacial score (nSPS) is 20.9. The van der Waals surface area contributed by atoms with Crippen molar-refractivity contribution in [3.8, 4) is 11.6 Å². The molecule has 2 aromatic rings. The molecule has 1 aliphatic rings. The van der Waals surface area contributed by atoms with E-state index in [-0.39, 0.29) is 66.7 Å². The molecule has 2 aromatic heterocycles. The van der Waals surface area contributed by atoms with Crippen molar-refractivity contribution < 1.29 is 45.0 Å². The Labute approximate surface area is 233 Å². The fourth-order valence-electron chi connectivity index (χ4n) is 4.51. The fourth-order valence-corrected chi connectivity index (χ4v) is 5.91. The van der Waals surface area contributed by atoms with Crippen molar-refractivity contribution in [2.45, 2.75) is 76.0 Å². The average molecular weight is 617 g/mol. The second kappa shape index (κ2) is 12.1. The lowest BCUT2D eigenvalue weighted by Crippen LogP contribution is -2.47. The molecule has 0 bridgehead atoms. The Hall–Kier alpha value is -2.52. The molecule has 1 saturated carbocycles. The third-order valence-corrected chi connectivity index (χ3v) is 8.92. The molecule has 1 aliphatic carbocycles. The summed E-state index contributed by atoms with van der Waals surface area (Å²) in [6.45, 7) is -0.948. The third-order valence-electron chi connectivity index (χ3n) is 6.89. The van der Waals surface area contributed by atoms with Crippen LogP contribution in [0.5, 0.6) is 5.75 Å². The summed E-state index contributed by atoms with van der Waals surface area (Å²) in [4.78, 5) is 21.2. The van der Waals surface area contributed by atoms with Gasteiger partial charge in [-0.05, 0) is 43.7 Å². The molecule has 0 spiro atoms. The Morgan fingerprint density at radius 3 is 2.48 bits per heavy atom. The number of carbonyl (C=O) groups excluding carboxylic acids is 1. The van der Waals surface area contributed by atoms with E-state index in [0.29, 0.717) is 0 Å². The topological polar surface area (TPSA) is 123 Å². The summed E-state index contributed by atoms with van der Waals surface area (Å²) in [6, 6.07) is 1.01. The van der Waals surface area contributed by atoms with Gasteiger partial charge in [0.25, 0.3) is 5.91 Å². The van der Waals surface area contributed by atoms with Crippen LogP contribution in [0.2, 0.25) is 5.15 Å². The molecule has 0 saturated heterocycles. The number of rotatable bonds is 10. The lowest BCUT2D eigenvalue weighted by molar-refractivity contribution is -0.169. The van der Waals surface area contributed by atoms with E-state index in [4.69, 9.17) is 11.6 Å². The molecular formula is C24H30ClF5N4O5S. The van der Waals surface area contributed by atoms with Gasteiger partial charge in [-0.15, -0.1) is 0 Å². The second-order valence-electron chi connectivity index (χ2n) is 9.98. The highest BCUT2D eigenvalue weighted by molar-refractivity contribution is 7.91. The van der Waals surface area contributed by atoms with Gasteiger partial charge in [0, 0.05) is 25.4 Å². The molecule has 0 unspecified atom stereocenters. The smallest absolute Gasteiger partial charge is 0.391 e. The van der Waals surface area contributed by atoms with Gasteiger partial charge in [-0.3, -0.25) is 9.36 Å². The van der Waals surface area contributed by atoms with Crippen LogP contribution >= 0.6 is 11.6 Å². The zero-order valence-electron chi connectivity index (χ0n) is 21.9. The molecular weight excluding hydrogens is 587 g/mol. The summed E-state index contributed by atoms with van der Waals surface area (Å²) < 4.78 is 94.6. The van der Waals surface area contributed by atoms with Gasteiger partial charge < -0.3 is 15.2 Å². The van der Waals surface area contributed by atoms with Crippen molar-refractivity contribution in [3.05, 3.63) is 34.5 Å². The number of halogens is 6. The number of carbonyl (C=O) groups is 1. The van der Waals surface area contributed by atoms with Gasteiger partial charge in [0.15, 0.2) is 17.3 Å². The van der Waals surface area contributed by atoms with E-state index < -0.39 is 57.5 Å². The van der Waals surface area contributed by atoms with E-state index >= 15 is 0 Å². The number of imidazole rings is 1. The van der Waals surface area contributed by atoms with Crippen molar-refractivity contribution in [2.75, 3.05) is 12.8 Å². The first kappa shape index (κ1) is 32.0. The van der Waals surface area contributed by atoms with Crippen LogP contribution in [0.15, 0.2) is 12.3 Å². The van der Waals surface area contributed by atoms with Crippen molar-refractivity contribution in [2.24, 2.45) is 5.92 Å². The summed E-state index contributed by atoms with van der Waals surface area (Å²) in [5, 5.41) is 12.5. The van der Waals surface area contributed by atoms with Crippen LogP contribution in [-0.4, -0.2) is 70.4 Å². The van der Waals surface area contributed by atoms with Gasteiger partial charge in [-0.2, -0.15) is 22.0 Å². The van der Waals surface area contributed by atoms with Crippen LogP contribution in [0.25, 0.3) is 5.82 Å². The minimum absolute atomic E-state index is 0.00434. The molecule has 1 fully saturated rings. The Bertz CT molecular complexity index is 1330. The number of ether oxygens (including phenoxy) is 1. The average Bonchev–Trinajstić information content (AvgIpc) is 3.17. The molecule has 9 nitrogen and oxygen atoms in total. The van der Waals surface area contributed by atoms with E-state index in [2.05, 4.69) is 20.0 Å². The summed E-state index contributed by atoms with van der Waals surface area (Å²) in [7, 11) is -3.26. The van der Waals surface area contributed by atoms with Gasteiger partial charge in [0.05, 0.1) is 16.8 Å². The van der Waals surface area contributed by atoms with Crippen LogP contribution in [0.1, 0.15) is 61.4 Å². The van der Waals surface area contributed by atoms with Crippen molar-refractivity contribution in [3.63, 3.8) is 0 Å². The van der Waals surface area contributed by atoms with Crippen LogP contribution in [0.3, 0.4) is 0 Å². The van der Waals surface area contributed by atoms with Crippen molar-refractivity contribution in [1.82, 2.24) is 19.9 Å². The summed E-state index contributed by atoms with van der Waals surface area (Å²) >= 11 is 6.43. The Morgan fingerprint density at radius 1 is 1.32 bits per heavy atom. The number of nitrogens with one attached hydrogen (secondary N) is 1. The highest BCUT2D eigenvalue weighted by atomic mass is 35.5. The van der Waals surface area contributed by atoms with Crippen LogP contribution in [-0.2, 0) is 22.7 Å². The number of aliphatic hydroxyl groups is 1. The first-order chi connectivity index (χ1) is 18.4. The van der Waals surface area contributed by atoms with E-state index in [1.807, 2.05) is 0 Å². The maximum atomic E-state index is 13.2. The van der Waals surface area contributed by atoms with Gasteiger partial charge in [-0.25, -0.2) is 18.4 Å². The van der Waals surface area contributed by atoms with Gasteiger partial charge in [-0.1, -0.05) is 25.4 Å². The number of hydrogen-bond donors (Lipinski definition) is 2. The number of pyridine rings is 1. The molecule has 0 aliphatic heterocycles. The first-order valence-corrected chi connectivity index (χ1v) is 14.8. The lowest BCUT2D eigenvalue weighted by Gasteiger charge is -2.35. The number of sulfone groups is 1. The molecule has 224 valence electrons. The Morgan fingerprint density at radius 2 is 1.95 bits per heavy atom. The molecule has 1 atom stereocenters. The monoisotopic (exact) mass is 616 g/mol. The predicted molar refractivity (Wildman–Crippen MR) is 136 cm³/mol. The van der Waals surface area contributed by atoms with Gasteiger partial charge in [0.1, 0.15) is 20.8 Å². The molecule has 40 heavy (non-hydrogen) atoms. The highest BCUT2D eigenvalue weighted by Crippen LogP contribution is 2.34. The number of amides is 1. The maximum absolute atomic E-state index is 13.2. The van der Waals surface area contributed by atoms with Crippen molar-refractivity contribution in [1.29, 1.82) is 0 Å². The number of hydrogen-bond acceptors (Lipinski definition) is 7. The Balaban J connectivity index is 1.86. The molecule has 0 radical (unpaired) electrons. The highest BCUT2D eigenvalue weighted by Gasteiger charge is 2.38. The lowest BCUT2D eigenvalue weighted by atomic mass is 9.84. The second-order valence-corrected chi connectivity index (χ2v) is 12.7. The minimum atomic E-state index is -4.51. The van der Waals surface area contributed by atoms with Crippen LogP contribution in [0.4, 0.5) is 22.0 Å². The SMILES string of the molecule is CCc1nc(C(=O)NC[C@]2(O)CC[C@@H](S(C)(=O)=O)CC2)c(Cl)n1-c1ncc(C[C@H](C)C(F)(F)F)cc1OC(F)F. The number of aromatic nitrogens is 3. The summed E-state index contributed by atoms with van der Waals surface area (Å²) in [6.07, 6.45) is -1.91. The zero-order valence-corrected chi connectivity index (χ0v) is 23.5. The minimum Gasteiger partial charge on any atom is -0.431 e. The predicted octanol–water partition coefficient (Wildman–Crippen LogP) is 4.27.